The first-order chi connectivity index (χ1) is 14.1. The number of H-pyrrole nitrogens is 1. The van der Waals surface area contributed by atoms with Gasteiger partial charge in [-0.05, 0) is 24.3 Å². The molecule has 30 heavy (non-hydrogen) atoms. The van der Waals surface area contributed by atoms with Crippen molar-refractivity contribution in [3.63, 3.8) is 0 Å². The second-order valence-corrected chi connectivity index (χ2v) is 9.09. The number of benzene rings is 1. The average Bonchev–Trinajstić information content (AvgIpc) is 2.67. The maximum Gasteiger partial charge on any atom is 0.416 e. The zero-order chi connectivity index (χ0) is 21.5. The standard InChI is InChI=1S/C18H16F3N5O3S/c19-18(20,21)11-2-1-3-12(10-11)23-15-14-13(4-5-22-16(14)27)24-17(25-15)26-6-8-30(28,29)9-7-26/h1-5,10H,6-9H2,(H,22,27)(H,23,24,25). The number of pyridine rings is 1. The van der Waals surface area contributed by atoms with Crippen LogP contribution >= 0.6 is 0 Å². The Morgan fingerprint density at radius 1 is 1.10 bits per heavy atom. The van der Waals surface area contributed by atoms with E-state index in [-0.39, 0.29) is 53.0 Å². The number of aromatic amines is 1. The van der Waals surface area contributed by atoms with Gasteiger partial charge in [0.05, 0.1) is 22.6 Å². The van der Waals surface area contributed by atoms with Crippen molar-refractivity contribution in [2.45, 2.75) is 6.18 Å². The van der Waals surface area contributed by atoms with E-state index >= 15 is 0 Å². The van der Waals surface area contributed by atoms with Crippen LogP contribution in [-0.4, -0.2) is 48.0 Å². The SMILES string of the molecule is O=c1[nH]ccc2nc(N3CCS(=O)(=O)CC3)nc(Nc3cccc(C(F)(F)F)c3)c12. The number of hydrogen-bond acceptors (Lipinski definition) is 7. The van der Waals surface area contributed by atoms with E-state index in [9.17, 15) is 26.4 Å². The zero-order valence-electron chi connectivity index (χ0n) is 15.4. The van der Waals surface area contributed by atoms with Crippen LogP contribution in [0.5, 0.6) is 0 Å². The van der Waals surface area contributed by atoms with Gasteiger partial charge in [-0.25, -0.2) is 13.4 Å². The maximum absolute atomic E-state index is 13.0. The summed E-state index contributed by atoms with van der Waals surface area (Å²) in [6.45, 7) is 0.361. The minimum Gasteiger partial charge on any atom is -0.339 e. The van der Waals surface area contributed by atoms with Gasteiger partial charge < -0.3 is 15.2 Å². The van der Waals surface area contributed by atoms with E-state index in [4.69, 9.17) is 0 Å². The van der Waals surface area contributed by atoms with Gasteiger partial charge in [0.1, 0.15) is 11.2 Å². The molecule has 1 saturated heterocycles. The summed E-state index contributed by atoms with van der Waals surface area (Å²) in [5.41, 5.74) is -0.970. The van der Waals surface area contributed by atoms with Gasteiger partial charge in [0.25, 0.3) is 5.56 Å². The van der Waals surface area contributed by atoms with Crippen LogP contribution in [0.1, 0.15) is 5.56 Å². The van der Waals surface area contributed by atoms with E-state index in [1.165, 1.54) is 18.3 Å². The molecule has 0 unspecified atom stereocenters. The molecule has 0 saturated carbocycles. The molecule has 4 rings (SSSR count). The van der Waals surface area contributed by atoms with E-state index in [2.05, 4.69) is 20.3 Å². The molecule has 0 atom stereocenters. The summed E-state index contributed by atoms with van der Waals surface area (Å²) in [6, 6.07) is 6.07. The molecule has 0 aliphatic carbocycles. The fraction of sp³-hybridized carbons (Fsp3) is 0.278. The van der Waals surface area contributed by atoms with E-state index in [1.54, 1.807) is 11.0 Å². The van der Waals surface area contributed by atoms with Gasteiger partial charge in [0.2, 0.25) is 5.95 Å². The summed E-state index contributed by atoms with van der Waals surface area (Å²) in [5.74, 6) is 0.113. The Bertz CT molecular complexity index is 1260. The molecule has 0 amide bonds. The molecule has 1 aliphatic rings. The highest BCUT2D eigenvalue weighted by Gasteiger charge is 2.30. The molecule has 12 heteroatoms. The van der Waals surface area contributed by atoms with Crippen LogP contribution in [0.25, 0.3) is 10.9 Å². The van der Waals surface area contributed by atoms with Crippen molar-refractivity contribution in [2.24, 2.45) is 0 Å². The lowest BCUT2D eigenvalue weighted by Crippen LogP contribution is -2.41. The second-order valence-electron chi connectivity index (χ2n) is 6.78. The molecular formula is C18H16F3N5O3S. The molecule has 1 aliphatic heterocycles. The van der Waals surface area contributed by atoms with Crippen molar-refractivity contribution in [2.75, 3.05) is 34.8 Å². The predicted molar refractivity (Wildman–Crippen MR) is 106 cm³/mol. The molecule has 3 aromatic rings. The normalized spacial score (nSPS) is 16.6. The van der Waals surface area contributed by atoms with Gasteiger partial charge >= 0.3 is 6.18 Å². The summed E-state index contributed by atoms with van der Waals surface area (Å²) in [7, 11) is -3.12. The Hall–Kier alpha value is -3.15. The van der Waals surface area contributed by atoms with Crippen LogP contribution in [0.4, 0.5) is 30.6 Å². The molecule has 158 valence electrons. The van der Waals surface area contributed by atoms with Crippen LogP contribution in [0.15, 0.2) is 41.3 Å². The molecule has 1 aromatic carbocycles. The van der Waals surface area contributed by atoms with Crippen LogP contribution in [0.2, 0.25) is 0 Å². The third-order valence-corrected chi connectivity index (χ3v) is 6.30. The van der Waals surface area contributed by atoms with E-state index in [1.807, 2.05) is 0 Å². The molecule has 8 nitrogen and oxygen atoms in total. The quantitative estimate of drug-likeness (QED) is 0.645. The van der Waals surface area contributed by atoms with Crippen molar-refractivity contribution in [3.05, 3.63) is 52.4 Å². The minimum absolute atomic E-state index is 0.0320. The molecule has 3 heterocycles. The molecule has 0 bridgehead atoms. The van der Waals surface area contributed by atoms with Crippen LogP contribution in [0, 0.1) is 0 Å². The van der Waals surface area contributed by atoms with E-state index < -0.39 is 27.1 Å². The number of alkyl halides is 3. The predicted octanol–water partition coefficient (Wildman–Crippen LogP) is 2.32. The largest absolute Gasteiger partial charge is 0.416 e. The molecular weight excluding hydrogens is 423 g/mol. The first-order valence-corrected chi connectivity index (χ1v) is 10.7. The van der Waals surface area contributed by atoms with E-state index in [0.29, 0.717) is 0 Å². The Morgan fingerprint density at radius 2 is 1.83 bits per heavy atom. The monoisotopic (exact) mass is 439 g/mol. The highest BCUT2D eigenvalue weighted by atomic mass is 32.2. The topological polar surface area (TPSA) is 108 Å². The Kier molecular flexibility index (Phi) is 4.88. The number of nitrogens with zero attached hydrogens (tertiary/aromatic N) is 3. The third-order valence-electron chi connectivity index (χ3n) is 4.69. The number of fused-ring (bicyclic) bond motifs is 1. The summed E-state index contributed by atoms with van der Waals surface area (Å²) in [6.07, 6.45) is -3.12. The Morgan fingerprint density at radius 3 is 2.53 bits per heavy atom. The molecule has 1 fully saturated rings. The highest BCUT2D eigenvalue weighted by Crippen LogP contribution is 2.32. The summed E-state index contributed by atoms with van der Waals surface area (Å²) in [4.78, 5) is 25.2. The Labute approximate surface area is 168 Å². The zero-order valence-corrected chi connectivity index (χ0v) is 16.2. The van der Waals surface area contributed by atoms with Gasteiger partial charge in [-0.2, -0.15) is 18.2 Å². The number of aromatic nitrogens is 3. The lowest BCUT2D eigenvalue weighted by atomic mass is 10.2. The number of nitrogens with one attached hydrogen (secondary N) is 2. The van der Waals surface area contributed by atoms with Crippen molar-refractivity contribution in [3.8, 4) is 0 Å². The number of hydrogen-bond donors (Lipinski definition) is 2. The van der Waals surface area contributed by atoms with Crippen LogP contribution in [0.3, 0.4) is 0 Å². The van der Waals surface area contributed by atoms with Gasteiger partial charge in [-0.3, -0.25) is 4.79 Å². The Balaban J connectivity index is 1.78. The van der Waals surface area contributed by atoms with Crippen molar-refractivity contribution in [1.82, 2.24) is 15.0 Å². The summed E-state index contributed by atoms with van der Waals surface area (Å²) in [5, 5.41) is 2.87. The molecule has 0 spiro atoms. The smallest absolute Gasteiger partial charge is 0.339 e. The fourth-order valence-electron chi connectivity index (χ4n) is 3.13. The second kappa shape index (κ2) is 7.27. The molecule has 2 N–H and O–H groups in total. The maximum atomic E-state index is 13.0. The van der Waals surface area contributed by atoms with Crippen molar-refractivity contribution < 1.29 is 21.6 Å². The van der Waals surface area contributed by atoms with Crippen LogP contribution in [-0.2, 0) is 16.0 Å². The molecule has 2 aromatic heterocycles. The van der Waals surface area contributed by atoms with E-state index in [0.717, 1.165) is 12.1 Å². The lowest BCUT2D eigenvalue weighted by molar-refractivity contribution is -0.137. The van der Waals surface area contributed by atoms with Gasteiger partial charge in [0, 0.05) is 25.0 Å². The number of sulfone groups is 1. The van der Waals surface area contributed by atoms with Gasteiger partial charge in [-0.15, -0.1) is 0 Å². The van der Waals surface area contributed by atoms with Gasteiger partial charge in [0.15, 0.2) is 9.84 Å². The minimum atomic E-state index is -4.52. The summed E-state index contributed by atoms with van der Waals surface area (Å²) >= 11 is 0. The first kappa shape index (κ1) is 20.1. The van der Waals surface area contributed by atoms with Gasteiger partial charge in [-0.1, -0.05) is 6.07 Å². The number of anilines is 3. The highest BCUT2D eigenvalue weighted by molar-refractivity contribution is 7.91. The molecule has 0 radical (unpaired) electrons. The fourth-order valence-corrected chi connectivity index (χ4v) is 4.33. The third kappa shape index (κ3) is 4.08. The lowest BCUT2D eigenvalue weighted by Gasteiger charge is -2.27. The van der Waals surface area contributed by atoms with Crippen molar-refractivity contribution in [1.29, 1.82) is 0 Å². The first-order valence-electron chi connectivity index (χ1n) is 8.91. The van der Waals surface area contributed by atoms with Crippen molar-refractivity contribution >= 4 is 38.2 Å². The number of rotatable bonds is 3. The van der Waals surface area contributed by atoms with Crippen LogP contribution < -0.4 is 15.8 Å². The number of halogens is 3. The average molecular weight is 439 g/mol. The summed E-state index contributed by atoms with van der Waals surface area (Å²) < 4.78 is 62.5.